The van der Waals surface area contributed by atoms with Crippen LogP contribution in [0.2, 0.25) is 0 Å². The first-order chi connectivity index (χ1) is 8.97. The van der Waals surface area contributed by atoms with E-state index in [1.165, 1.54) is 22.6 Å². The van der Waals surface area contributed by atoms with Crippen LogP contribution in [0, 0.1) is 0 Å². The lowest BCUT2D eigenvalue weighted by Gasteiger charge is -2.24. The zero-order valence-electron chi connectivity index (χ0n) is 10.0. The molecule has 0 aromatic heterocycles. The van der Waals surface area contributed by atoms with Gasteiger partial charge in [0.25, 0.3) is 3.79 Å². The SMILES string of the molecule is NC(N)=Nc1ccc2c(c1)CN[C@H](C(=O)C(=O)I)C2. The fraction of sp³-hybridized carbons (Fsp3) is 0.250. The van der Waals surface area contributed by atoms with Crippen molar-refractivity contribution in [3.8, 4) is 0 Å². The van der Waals surface area contributed by atoms with Gasteiger partial charge in [-0.2, -0.15) is 0 Å². The van der Waals surface area contributed by atoms with Crippen LogP contribution in [0.5, 0.6) is 0 Å². The lowest BCUT2D eigenvalue weighted by Crippen LogP contribution is -2.43. The number of Topliss-reactive ketones (excluding diaryl/α,β-unsaturated/α-hetero) is 1. The predicted molar refractivity (Wildman–Crippen MR) is 80.3 cm³/mol. The highest BCUT2D eigenvalue weighted by molar-refractivity contribution is 14.1. The molecular formula is C12H13IN4O2. The number of rotatable bonds is 3. The molecule has 1 aliphatic rings. The molecule has 0 spiro atoms. The quantitative estimate of drug-likeness (QED) is 0.230. The Bertz CT molecular complexity index is 567. The molecule has 7 heteroatoms. The fourth-order valence-electron chi connectivity index (χ4n) is 2.04. The Morgan fingerprint density at radius 1 is 1.32 bits per heavy atom. The van der Waals surface area contributed by atoms with Crippen LogP contribution in [0.25, 0.3) is 0 Å². The van der Waals surface area contributed by atoms with Gasteiger partial charge in [-0.25, -0.2) is 4.99 Å². The third-order valence-corrected chi connectivity index (χ3v) is 3.45. The molecule has 2 rings (SSSR count). The molecule has 0 aliphatic carbocycles. The molecule has 0 bridgehead atoms. The maximum absolute atomic E-state index is 11.6. The van der Waals surface area contributed by atoms with Crippen LogP contribution in [0.15, 0.2) is 23.2 Å². The summed E-state index contributed by atoms with van der Waals surface area (Å²) in [6.45, 7) is 0.517. The highest BCUT2D eigenvalue weighted by atomic mass is 127. The van der Waals surface area contributed by atoms with Gasteiger partial charge >= 0.3 is 0 Å². The highest BCUT2D eigenvalue weighted by Crippen LogP contribution is 2.23. The van der Waals surface area contributed by atoms with Crippen molar-refractivity contribution in [2.45, 2.75) is 19.0 Å². The molecule has 0 radical (unpaired) electrons. The number of nitrogens with one attached hydrogen (secondary N) is 1. The highest BCUT2D eigenvalue weighted by Gasteiger charge is 2.27. The van der Waals surface area contributed by atoms with E-state index in [-0.39, 0.29) is 11.7 Å². The average Bonchev–Trinajstić information content (AvgIpc) is 2.36. The van der Waals surface area contributed by atoms with Crippen molar-refractivity contribution >= 4 is 43.8 Å². The van der Waals surface area contributed by atoms with E-state index >= 15 is 0 Å². The van der Waals surface area contributed by atoms with E-state index in [9.17, 15) is 9.59 Å². The topological polar surface area (TPSA) is 111 Å². The number of carbonyl (C=O) groups excluding carboxylic acids is 2. The van der Waals surface area contributed by atoms with Gasteiger partial charge in [-0.15, -0.1) is 0 Å². The van der Waals surface area contributed by atoms with E-state index in [0.29, 0.717) is 18.7 Å². The van der Waals surface area contributed by atoms with Gasteiger partial charge in [0.1, 0.15) is 0 Å². The minimum Gasteiger partial charge on any atom is -0.370 e. The third-order valence-electron chi connectivity index (χ3n) is 2.92. The van der Waals surface area contributed by atoms with Crippen molar-refractivity contribution in [1.82, 2.24) is 5.32 Å². The number of nitrogens with two attached hydrogens (primary N) is 2. The zero-order valence-corrected chi connectivity index (χ0v) is 12.2. The van der Waals surface area contributed by atoms with E-state index in [0.717, 1.165) is 11.1 Å². The van der Waals surface area contributed by atoms with Crippen LogP contribution in [-0.4, -0.2) is 21.6 Å². The monoisotopic (exact) mass is 372 g/mol. The maximum Gasteiger partial charge on any atom is 0.259 e. The Morgan fingerprint density at radius 3 is 2.68 bits per heavy atom. The van der Waals surface area contributed by atoms with Crippen molar-refractivity contribution in [2.75, 3.05) is 0 Å². The molecule has 0 amide bonds. The molecule has 0 saturated carbocycles. The molecular weight excluding hydrogens is 359 g/mol. The molecule has 1 aromatic carbocycles. The van der Waals surface area contributed by atoms with Gasteiger partial charge in [-0.1, -0.05) is 6.07 Å². The molecule has 0 unspecified atom stereocenters. The van der Waals surface area contributed by atoms with Crippen molar-refractivity contribution in [3.63, 3.8) is 0 Å². The van der Waals surface area contributed by atoms with E-state index in [2.05, 4.69) is 10.3 Å². The zero-order chi connectivity index (χ0) is 14.0. The summed E-state index contributed by atoms with van der Waals surface area (Å²) in [5.74, 6) is -0.383. The fourth-order valence-corrected chi connectivity index (χ4v) is 2.42. The molecule has 1 heterocycles. The summed E-state index contributed by atoms with van der Waals surface area (Å²) in [7, 11) is 0. The number of fused-ring (bicyclic) bond motifs is 1. The minimum atomic E-state index is -0.448. The van der Waals surface area contributed by atoms with Crippen molar-refractivity contribution < 1.29 is 9.59 Å². The summed E-state index contributed by atoms with van der Waals surface area (Å²) in [5.41, 5.74) is 13.4. The molecule has 5 N–H and O–H groups in total. The van der Waals surface area contributed by atoms with E-state index in [1.54, 1.807) is 6.07 Å². The van der Waals surface area contributed by atoms with Crippen LogP contribution in [0.4, 0.5) is 5.69 Å². The van der Waals surface area contributed by atoms with Gasteiger partial charge in [0, 0.05) is 29.1 Å². The first-order valence-corrected chi connectivity index (χ1v) is 6.73. The molecule has 1 aliphatic heterocycles. The van der Waals surface area contributed by atoms with Gasteiger partial charge in [0.05, 0.1) is 11.7 Å². The van der Waals surface area contributed by atoms with Crippen molar-refractivity contribution in [3.05, 3.63) is 29.3 Å². The van der Waals surface area contributed by atoms with Crippen LogP contribution in [0.3, 0.4) is 0 Å². The van der Waals surface area contributed by atoms with Crippen LogP contribution >= 0.6 is 22.6 Å². The minimum absolute atomic E-state index is 0.00674. The molecule has 19 heavy (non-hydrogen) atoms. The van der Waals surface area contributed by atoms with Gasteiger partial charge in [-0.05, 0) is 29.7 Å². The smallest absolute Gasteiger partial charge is 0.259 e. The Hall–Kier alpha value is -1.48. The van der Waals surface area contributed by atoms with Crippen molar-refractivity contribution in [2.24, 2.45) is 16.5 Å². The predicted octanol–water partition coefficient (Wildman–Crippen LogP) is 0.136. The third kappa shape index (κ3) is 3.29. The first-order valence-electron chi connectivity index (χ1n) is 5.66. The molecule has 100 valence electrons. The second-order valence-corrected chi connectivity index (χ2v) is 5.25. The summed E-state index contributed by atoms with van der Waals surface area (Å²) in [5, 5.41) is 3.05. The van der Waals surface area contributed by atoms with E-state index in [4.69, 9.17) is 11.5 Å². The number of benzene rings is 1. The second kappa shape index (κ2) is 5.66. The first kappa shape index (κ1) is 13.9. The Kier molecular flexibility index (Phi) is 4.15. The lowest BCUT2D eigenvalue weighted by molar-refractivity contribution is -0.132. The summed E-state index contributed by atoms with van der Waals surface area (Å²) >= 11 is 1.51. The largest absolute Gasteiger partial charge is 0.370 e. The number of hydrogen-bond acceptors (Lipinski definition) is 4. The number of carbonyl (C=O) groups is 2. The maximum atomic E-state index is 11.6. The molecule has 1 atom stereocenters. The lowest BCUT2D eigenvalue weighted by atomic mass is 9.93. The van der Waals surface area contributed by atoms with Gasteiger partial charge in [0.2, 0.25) is 5.78 Å². The standard InChI is InChI=1S/C12H13IN4O2/c13-11(19)10(18)9-4-6-1-2-8(17-12(14)15)3-7(6)5-16-9/h1-3,9,16H,4-5H2,(H4,14,15,17)/t9-/m0/s1. The summed E-state index contributed by atoms with van der Waals surface area (Å²) < 4.78 is -0.448. The van der Waals surface area contributed by atoms with Gasteiger partial charge in [0.15, 0.2) is 5.96 Å². The summed E-state index contributed by atoms with van der Waals surface area (Å²) in [4.78, 5) is 26.7. The number of hydrogen-bond donors (Lipinski definition) is 3. The van der Waals surface area contributed by atoms with Crippen LogP contribution < -0.4 is 16.8 Å². The van der Waals surface area contributed by atoms with Crippen LogP contribution in [-0.2, 0) is 22.6 Å². The average molecular weight is 372 g/mol. The summed E-state index contributed by atoms with van der Waals surface area (Å²) in [6, 6.07) is 5.10. The van der Waals surface area contributed by atoms with Crippen molar-refractivity contribution in [1.29, 1.82) is 0 Å². The number of guanidine groups is 1. The van der Waals surface area contributed by atoms with Gasteiger partial charge < -0.3 is 16.8 Å². The molecule has 0 fully saturated rings. The summed E-state index contributed by atoms with van der Waals surface area (Å²) in [6.07, 6.45) is 0.505. The van der Waals surface area contributed by atoms with Crippen LogP contribution in [0.1, 0.15) is 11.1 Å². The number of halogens is 1. The van der Waals surface area contributed by atoms with E-state index < -0.39 is 9.83 Å². The number of aliphatic imine (C=N–C) groups is 1. The number of nitrogens with zero attached hydrogens (tertiary/aromatic N) is 1. The normalized spacial score (nSPS) is 17.4. The Morgan fingerprint density at radius 2 is 2.05 bits per heavy atom. The molecule has 1 aromatic rings. The Labute approximate surface area is 123 Å². The second-order valence-electron chi connectivity index (χ2n) is 4.27. The Balaban J connectivity index is 2.21. The molecule has 0 saturated heterocycles. The van der Waals surface area contributed by atoms with Gasteiger partial charge in [-0.3, -0.25) is 9.59 Å². The number of ketones is 1. The molecule has 6 nitrogen and oxygen atoms in total. The van der Waals surface area contributed by atoms with E-state index in [1.807, 2.05) is 12.1 Å².